The zero-order valence-electron chi connectivity index (χ0n) is 9.38. The molecule has 0 amide bonds. The van der Waals surface area contributed by atoms with Gasteiger partial charge in [-0.2, -0.15) is 0 Å². The first-order valence-electron chi connectivity index (χ1n) is 5.22. The average Bonchev–Trinajstić information content (AvgIpc) is 2.03. The third-order valence-electron chi connectivity index (χ3n) is 2.82. The van der Waals surface area contributed by atoms with E-state index in [0.717, 1.165) is 19.6 Å². The van der Waals surface area contributed by atoms with Crippen molar-refractivity contribution in [1.82, 2.24) is 15.1 Å². The van der Waals surface area contributed by atoms with Crippen LogP contribution in [0.2, 0.25) is 0 Å². The molecule has 0 aromatic heterocycles. The van der Waals surface area contributed by atoms with Crippen LogP contribution in [0.1, 0.15) is 13.8 Å². The Bertz CT molecular complexity index is 137. The molecule has 0 spiro atoms. The van der Waals surface area contributed by atoms with Gasteiger partial charge in [0.25, 0.3) is 0 Å². The molecule has 78 valence electrons. The van der Waals surface area contributed by atoms with Gasteiger partial charge in [0, 0.05) is 38.3 Å². The van der Waals surface area contributed by atoms with Crippen molar-refractivity contribution >= 4 is 0 Å². The predicted molar refractivity (Wildman–Crippen MR) is 57.1 cm³/mol. The molecule has 1 aliphatic rings. The molecule has 1 heterocycles. The molecule has 1 saturated heterocycles. The zero-order chi connectivity index (χ0) is 9.84. The molecule has 0 radical (unpaired) electrons. The quantitative estimate of drug-likeness (QED) is 0.679. The Hall–Kier alpha value is -0.120. The number of hydrogen-bond acceptors (Lipinski definition) is 3. The summed E-state index contributed by atoms with van der Waals surface area (Å²) in [4.78, 5) is 4.85. The molecule has 0 aromatic rings. The van der Waals surface area contributed by atoms with Crippen LogP contribution in [0.25, 0.3) is 0 Å². The molecule has 2 unspecified atom stereocenters. The van der Waals surface area contributed by atoms with Crippen molar-refractivity contribution in [3.05, 3.63) is 0 Å². The minimum Gasteiger partial charge on any atom is -0.314 e. The fourth-order valence-corrected chi connectivity index (χ4v) is 1.93. The molecule has 0 aliphatic carbocycles. The number of hydrogen-bond donors (Lipinski definition) is 1. The Morgan fingerprint density at radius 3 is 2.23 bits per heavy atom. The predicted octanol–water partition coefficient (Wildman–Crippen LogP) is 0.230. The SMILES string of the molecule is CC1CNCC(C)N1CCN(C)C. The Labute approximate surface area is 82.1 Å². The maximum Gasteiger partial charge on any atom is 0.0196 e. The number of nitrogens with one attached hydrogen (secondary N) is 1. The summed E-state index contributed by atoms with van der Waals surface area (Å²) >= 11 is 0. The van der Waals surface area contributed by atoms with Crippen LogP contribution in [0.4, 0.5) is 0 Å². The summed E-state index contributed by atoms with van der Waals surface area (Å²) in [5.74, 6) is 0. The highest BCUT2D eigenvalue weighted by molar-refractivity contribution is 4.82. The molecule has 1 fully saturated rings. The van der Waals surface area contributed by atoms with Gasteiger partial charge in [0.1, 0.15) is 0 Å². The van der Waals surface area contributed by atoms with Crippen molar-refractivity contribution in [2.45, 2.75) is 25.9 Å². The molecule has 2 atom stereocenters. The molecule has 3 nitrogen and oxygen atoms in total. The number of likely N-dealkylation sites (N-methyl/N-ethyl adjacent to an activating group) is 1. The third kappa shape index (κ3) is 3.25. The fraction of sp³-hybridized carbons (Fsp3) is 1.00. The smallest absolute Gasteiger partial charge is 0.0196 e. The van der Waals surface area contributed by atoms with E-state index in [2.05, 4.69) is 43.1 Å². The lowest BCUT2D eigenvalue weighted by Crippen LogP contribution is -2.56. The summed E-state index contributed by atoms with van der Waals surface area (Å²) in [5.41, 5.74) is 0. The average molecular weight is 185 g/mol. The maximum atomic E-state index is 3.45. The van der Waals surface area contributed by atoms with E-state index in [4.69, 9.17) is 0 Å². The normalized spacial score (nSPS) is 31.2. The second kappa shape index (κ2) is 4.94. The molecular formula is C10H23N3. The second-order valence-corrected chi connectivity index (χ2v) is 4.40. The minimum absolute atomic E-state index is 0.684. The van der Waals surface area contributed by atoms with Crippen molar-refractivity contribution in [2.24, 2.45) is 0 Å². The molecule has 0 bridgehead atoms. The van der Waals surface area contributed by atoms with E-state index >= 15 is 0 Å². The summed E-state index contributed by atoms with van der Waals surface area (Å²) in [7, 11) is 4.27. The van der Waals surface area contributed by atoms with Gasteiger partial charge in [-0.15, -0.1) is 0 Å². The fourth-order valence-electron chi connectivity index (χ4n) is 1.93. The van der Waals surface area contributed by atoms with Crippen molar-refractivity contribution in [1.29, 1.82) is 0 Å². The van der Waals surface area contributed by atoms with Gasteiger partial charge in [-0.3, -0.25) is 4.90 Å². The van der Waals surface area contributed by atoms with Crippen LogP contribution in [0.5, 0.6) is 0 Å². The van der Waals surface area contributed by atoms with Crippen molar-refractivity contribution in [3.8, 4) is 0 Å². The monoisotopic (exact) mass is 185 g/mol. The van der Waals surface area contributed by atoms with Gasteiger partial charge in [0.05, 0.1) is 0 Å². The van der Waals surface area contributed by atoms with Crippen LogP contribution >= 0.6 is 0 Å². The van der Waals surface area contributed by atoms with Crippen LogP contribution in [0.15, 0.2) is 0 Å². The Morgan fingerprint density at radius 1 is 1.23 bits per heavy atom. The van der Waals surface area contributed by atoms with Gasteiger partial charge in [-0.1, -0.05) is 0 Å². The molecule has 13 heavy (non-hydrogen) atoms. The summed E-state index contributed by atoms with van der Waals surface area (Å²) in [6, 6.07) is 1.37. The number of piperazine rings is 1. The molecular weight excluding hydrogens is 162 g/mol. The highest BCUT2D eigenvalue weighted by Crippen LogP contribution is 2.08. The van der Waals surface area contributed by atoms with E-state index < -0.39 is 0 Å². The topological polar surface area (TPSA) is 18.5 Å². The summed E-state index contributed by atoms with van der Waals surface area (Å²) in [5, 5.41) is 3.45. The van der Waals surface area contributed by atoms with Crippen LogP contribution in [-0.2, 0) is 0 Å². The Morgan fingerprint density at radius 2 is 1.77 bits per heavy atom. The van der Waals surface area contributed by atoms with Crippen molar-refractivity contribution in [3.63, 3.8) is 0 Å². The lowest BCUT2D eigenvalue weighted by molar-refractivity contribution is 0.107. The summed E-state index contributed by atoms with van der Waals surface area (Å²) in [6.07, 6.45) is 0. The van der Waals surface area contributed by atoms with Gasteiger partial charge in [0.15, 0.2) is 0 Å². The lowest BCUT2D eigenvalue weighted by Gasteiger charge is -2.39. The summed E-state index contributed by atoms with van der Waals surface area (Å²) in [6.45, 7) is 9.23. The van der Waals surface area contributed by atoms with Crippen LogP contribution in [0, 0.1) is 0 Å². The Kier molecular flexibility index (Phi) is 4.16. The van der Waals surface area contributed by atoms with E-state index in [0.29, 0.717) is 12.1 Å². The van der Waals surface area contributed by atoms with E-state index in [1.54, 1.807) is 0 Å². The van der Waals surface area contributed by atoms with Gasteiger partial charge in [-0.05, 0) is 27.9 Å². The molecule has 1 rings (SSSR count). The Balaban J connectivity index is 2.35. The maximum absolute atomic E-state index is 3.45. The van der Waals surface area contributed by atoms with Gasteiger partial charge in [0.2, 0.25) is 0 Å². The van der Waals surface area contributed by atoms with Crippen LogP contribution in [-0.4, -0.2) is 62.2 Å². The van der Waals surface area contributed by atoms with Crippen LogP contribution in [0.3, 0.4) is 0 Å². The highest BCUT2D eigenvalue weighted by Gasteiger charge is 2.23. The highest BCUT2D eigenvalue weighted by atomic mass is 15.3. The van der Waals surface area contributed by atoms with E-state index in [9.17, 15) is 0 Å². The van der Waals surface area contributed by atoms with Crippen LogP contribution < -0.4 is 5.32 Å². The molecule has 3 heteroatoms. The van der Waals surface area contributed by atoms with Gasteiger partial charge >= 0.3 is 0 Å². The van der Waals surface area contributed by atoms with Crippen molar-refractivity contribution < 1.29 is 0 Å². The molecule has 1 N–H and O–H groups in total. The second-order valence-electron chi connectivity index (χ2n) is 4.40. The minimum atomic E-state index is 0.684. The van der Waals surface area contributed by atoms with E-state index in [1.165, 1.54) is 6.54 Å². The van der Waals surface area contributed by atoms with E-state index in [-0.39, 0.29) is 0 Å². The third-order valence-corrected chi connectivity index (χ3v) is 2.82. The van der Waals surface area contributed by atoms with Crippen molar-refractivity contribution in [2.75, 3.05) is 40.3 Å². The molecule has 0 saturated carbocycles. The zero-order valence-corrected chi connectivity index (χ0v) is 9.38. The van der Waals surface area contributed by atoms with Gasteiger partial charge < -0.3 is 10.2 Å². The summed E-state index contributed by atoms with van der Waals surface area (Å²) < 4.78 is 0. The van der Waals surface area contributed by atoms with E-state index in [1.807, 2.05) is 0 Å². The largest absolute Gasteiger partial charge is 0.314 e. The number of rotatable bonds is 3. The molecule has 1 aliphatic heterocycles. The first-order chi connectivity index (χ1) is 6.11. The lowest BCUT2D eigenvalue weighted by atomic mass is 10.1. The van der Waals surface area contributed by atoms with Gasteiger partial charge in [-0.25, -0.2) is 0 Å². The first kappa shape index (κ1) is 11.0. The molecule has 0 aromatic carbocycles. The standard InChI is InChI=1S/C10H23N3/c1-9-7-11-8-10(2)13(9)6-5-12(3)4/h9-11H,5-8H2,1-4H3. The first-order valence-corrected chi connectivity index (χ1v) is 5.22. The number of nitrogens with zero attached hydrogens (tertiary/aromatic N) is 2.